The predicted molar refractivity (Wildman–Crippen MR) is 51.2 cm³/mol. The summed E-state index contributed by atoms with van der Waals surface area (Å²) in [4.78, 5) is 8.53. The lowest BCUT2D eigenvalue weighted by Gasteiger charge is -2.29. The number of hydrogen-bond acceptors (Lipinski definition) is 3. The molecular weight excluding hydrogens is 162 g/mol. The first kappa shape index (κ1) is 8.63. The van der Waals surface area contributed by atoms with Crippen molar-refractivity contribution in [2.45, 2.75) is 37.6 Å². The van der Waals surface area contributed by atoms with Gasteiger partial charge in [-0.3, -0.25) is 0 Å². The van der Waals surface area contributed by atoms with E-state index in [-0.39, 0.29) is 11.0 Å². The summed E-state index contributed by atoms with van der Waals surface area (Å²) in [6, 6.07) is 1.83. The minimum atomic E-state index is -0.103. The Balaban J connectivity index is 2.35. The first-order valence-corrected chi connectivity index (χ1v) is 4.63. The molecule has 1 aromatic rings. The molecule has 0 spiro atoms. The van der Waals surface area contributed by atoms with Crippen LogP contribution in [0.5, 0.6) is 0 Å². The van der Waals surface area contributed by atoms with E-state index < -0.39 is 0 Å². The molecule has 3 nitrogen and oxygen atoms in total. The molecular formula is C10H15N3. The van der Waals surface area contributed by atoms with Gasteiger partial charge in [0.25, 0.3) is 0 Å². The van der Waals surface area contributed by atoms with Crippen LogP contribution in [-0.2, 0) is 5.41 Å². The highest BCUT2D eigenvalue weighted by Gasteiger charge is 2.53. The monoisotopic (exact) mass is 177 g/mol. The third kappa shape index (κ3) is 1.23. The molecule has 1 fully saturated rings. The molecule has 70 valence electrons. The van der Waals surface area contributed by atoms with Crippen LogP contribution in [0, 0.1) is 0 Å². The van der Waals surface area contributed by atoms with Crippen molar-refractivity contribution in [3.63, 3.8) is 0 Å². The molecule has 13 heavy (non-hydrogen) atoms. The zero-order valence-corrected chi connectivity index (χ0v) is 8.12. The number of nitrogens with two attached hydrogens (primary N) is 1. The third-order valence-corrected chi connectivity index (χ3v) is 3.16. The standard InChI is InChI=1S/C10H15N3/c1-9(2,10(11)4-5-10)8-12-6-3-7-13-8/h3,6-7H,4-5,11H2,1-2H3. The van der Waals surface area contributed by atoms with E-state index in [9.17, 15) is 0 Å². The van der Waals surface area contributed by atoms with Gasteiger partial charge in [-0.1, -0.05) is 13.8 Å². The zero-order valence-electron chi connectivity index (χ0n) is 8.12. The first-order chi connectivity index (χ1) is 6.06. The van der Waals surface area contributed by atoms with E-state index in [1.54, 1.807) is 12.4 Å². The van der Waals surface area contributed by atoms with Crippen LogP contribution < -0.4 is 5.73 Å². The maximum absolute atomic E-state index is 6.18. The van der Waals surface area contributed by atoms with E-state index in [0.717, 1.165) is 18.7 Å². The lowest BCUT2D eigenvalue weighted by molar-refractivity contribution is 0.369. The maximum Gasteiger partial charge on any atom is 0.135 e. The zero-order chi connectivity index (χ0) is 9.53. The SMILES string of the molecule is CC(C)(c1ncccn1)C1(N)CC1. The van der Waals surface area contributed by atoms with Crippen LogP contribution in [0.15, 0.2) is 18.5 Å². The van der Waals surface area contributed by atoms with Crippen molar-refractivity contribution < 1.29 is 0 Å². The van der Waals surface area contributed by atoms with Gasteiger partial charge in [0.2, 0.25) is 0 Å². The summed E-state index contributed by atoms with van der Waals surface area (Å²) in [6.07, 6.45) is 5.71. The maximum atomic E-state index is 6.18. The molecule has 0 bridgehead atoms. The molecule has 0 aromatic carbocycles. The molecule has 3 heteroatoms. The van der Waals surface area contributed by atoms with Crippen LogP contribution in [0.4, 0.5) is 0 Å². The van der Waals surface area contributed by atoms with Crippen molar-refractivity contribution in [1.82, 2.24) is 9.97 Å². The molecule has 0 amide bonds. The Morgan fingerprint density at radius 2 is 1.85 bits per heavy atom. The highest BCUT2D eigenvalue weighted by atomic mass is 15.0. The second-order valence-corrected chi connectivity index (χ2v) is 4.35. The Bertz CT molecular complexity index is 301. The molecule has 2 N–H and O–H groups in total. The second-order valence-electron chi connectivity index (χ2n) is 4.35. The molecule has 2 rings (SSSR count). The van der Waals surface area contributed by atoms with Gasteiger partial charge < -0.3 is 5.73 Å². The van der Waals surface area contributed by atoms with Gasteiger partial charge in [-0.15, -0.1) is 0 Å². The van der Waals surface area contributed by atoms with Crippen LogP contribution in [-0.4, -0.2) is 15.5 Å². The average molecular weight is 177 g/mol. The Kier molecular flexibility index (Phi) is 1.67. The fourth-order valence-electron chi connectivity index (χ4n) is 1.60. The summed E-state index contributed by atoms with van der Waals surface area (Å²) < 4.78 is 0. The molecule has 0 unspecified atom stereocenters. The van der Waals surface area contributed by atoms with Crippen LogP contribution in [0.1, 0.15) is 32.5 Å². The first-order valence-electron chi connectivity index (χ1n) is 4.63. The van der Waals surface area contributed by atoms with Crippen molar-refractivity contribution in [1.29, 1.82) is 0 Å². The van der Waals surface area contributed by atoms with E-state index >= 15 is 0 Å². The Morgan fingerprint density at radius 3 is 2.31 bits per heavy atom. The number of rotatable bonds is 2. The van der Waals surface area contributed by atoms with Crippen LogP contribution in [0.2, 0.25) is 0 Å². The molecule has 1 heterocycles. The predicted octanol–water partition coefficient (Wildman–Crippen LogP) is 1.25. The minimum Gasteiger partial charge on any atom is -0.324 e. The number of aromatic nitrogens is 2. The highest BCUT2D eigenvalue weighted by Crippen LogP contribution is 2.47. The van der Waals surface area contributed by atoms with Gasteiger partial charge in [-0.05, 0) is 18.9 Å². The van der Waals surface area contributed by atoms with Gasteiger partial charge in [0.05, 0.1) is 0 Å². The third-order valence-electron chi connectivity index (χ3n) is 3.16. The molecule has 0 radical (unpaired) electrons. The van der Waals surface area contributed by atoms with E-state index in [1.165, 1.54) is 0 Å². The summed E-state index contributed by atoms with van der Waals surface area (Å²) in [6.45, 7) is 4.24. The van der Waals surface area contributed by atoms with Gasteiger partial charge in [0.15, 0.2) is 0 Å². The van der Waals surface area contributed by atoms with Gasteiger partial charge in [0.1, 0.15) is 5.82 Å². The fourth-order valence-corrected chi connectivity index (χ4v) is 1.60. The van der Waals surface area contributed by atoms with Crippen molar-refractivity contribution >= 4 is 0 Å². The number of nitrogens with zero attached hydrogens (tertiary/aromatic N) is 2. The molecule has 0 aliphatic heterocycles. The fraction of sp³-hybridized carbons (Fsp3) is 0.600. The lowest BCUT2D eigenvalue weighted by Crippen LogP contribution is -2.44. The van der Waals surface area contributed by atoms with Crippen molar-refractivity contribution in [3.05, 3.63) is 24.3 Å². The quantitative estimate of drug-likeness (QED) is 0.739. The van der Waals surface area contributed by atoms with Crippen LogP contribution >= 0.6 is 0 Å². The van der Waals surface area contributed by atoms with E-state index in [0.29, 0.717) is 0 Å². The molecule has 1 aliphatic rings. The van der Waals surface area contributed by atoms with Gasteiger partial charge >= 0.3 is 0 Å². The van der Waals surface area contributed by atoms with Gasteiger partial charge in [-0.25, -0.2) is 9.97 Å². The lowest BCUT2D eigenvalue weighted by atomic mass is 9.81. The topological polar surface area (TPSA) is 51.8 Å². The Labute approximate surface area is 78.4 Å². The average Bonchev–Trinajstić information content (AvgIpc) is 2.87. The molecule has 1 aliphatic carbocycles. The van der Waals surface area contributed by atoms with Gasteiger partial charge in [-0.2, -0.15) is 0 Å². The molecule has 1 saturated carbocycles. The van der Waals surface area contributed by atoms with E-state index in [2.05, 4.69) is 23.8 Å². The second kappa shape index (κ2) is 2.51. The molecule has 1 aromatic heterocycles. The smallest absolute Gasteiger partial charge is 0.135 e. The van der Waals surface area contributed by atoms with Crippen LogP contribution in [0.3, 0.4) is 0 Å². The highest BCUT2D eigenvalue weighted by molar-refractivity contribution is 5.22. The normalized spacial score (nSPS) is 19.9. The Hall–Kier alpha value is -0.960. The Morgan fingerprint density at radius 1 is 1.31 bits per heavy atom. The molecule has 0 saturated heterocycles. The van der Waals surface area contributed by atoms with Crippen molar-refractivity contribution in [2.24, 2.45) is 5.73 Å². The molecule has 0 atom stereocenters. The number of hydrogen-bond donors (Lipinski definition) is 1. The van der Waals surface area contributed by atoms with Gasteiger partial charge in [0, 0.05) is 23.3 Å². The van der Waals surface area contributed by atoms with Crippen molar-refractivity contribution in [3.8, 4) is 0 Å². The summed E-state index contributed by atoms with van der Waals surface area (Å²) in [7, 11) is 0. The van der Waals surface area contributed by atoms with Crippen molar-refractivity contribution in [2.75, 3.05) is 0 Å². The van der Waals surface area contributed by atoms with E-state index in [1.807, 2.05) is 6.07 Å². The summed E-state index contributed by atoms with van der Waals surface area (Å²) in [5.74, 6) is 0.856. The minimum absolute atomic E-state index is 0.0750. The summed E-state index contributed by atoms with van der Waals surface area (Å²) in [5.41, 5.74) is 6.00. The largest absolute Gasteiger partial charge is 0.324 e. The van der Waals surface area contributed by atoms with Crippen LogP contribution in [0.25, 0.3) is 0 Å². The summed E-state index contributed by atoms with van der Waals surface area (Å²) >= 11 is 0. The summed E-state index contributed by atoms with van der Waals surface area (Å²) in [5, 5.41) is 0. The van der Waals surface area contributed by atoms with E-state index in [4.69, 9.17) is 5.73 Å².